The monoisotopic (exact) mass is 330 g/mol. The Morgan fingerprint density at radius 3 is 2.00 bits per heavy atom. The second kappa shape index (κ2) is 6.49. The molecule has 0 fully saturated rings. The smallest absolute Gasteiger partial charge is 0.0151 e. The third-order valence-electron chi connectivity index (χ3n) is 4.85. The van der Waals surface area contributed by atoms with Crippen LogP contribution in [-0.2, 0) is 0 Å². The Morgan fingerprint density at radius 2 is 1.25 bits per heavy atom. The summed E-state index contributed by atoms with van der Waals surface area (Å²) >= 11 is 1.99. The topological polar surface area (TPSA) is 0 Å². The van der Waals surface area contributed by atoms with Gasteiger partial charge in [0.1, 0.15) is 0 Å². The first-order valence-electron chi connectivity index (χ1n) is 8.76. The highest BCUT2D eigenvalue weighted by atomic mass is 32.2. The highest BCUT2D eigenvalue weighted by molar-refractivity contribution is 7.99. The van der Waals surface area contributed by atoms with Gasteiger partial charge in [0.2, 0.25) is 0 Å². The minimum atomic E-state index is 1.20. The Bertz CT molecular complexity index is 1030. The minimum Gasteiger partial charge on any atom is -0.126 e. The van der Waals surface area contributed by atoms with Gasteiger partial charge in [-0.15, -0.1) is 11.8 Å². The maximum absolute atomic E-state index is 2.31. The molecule has 0 N–H and O–H groups in total. The number of rotatable bonds is 4. The van der Waals surface area contributed by atoms with Crippen molar-refractivity contribution in [3.8, 4) is 0 Å². The molecule has 1 heteroatoms. The molecule has 0 saturated carbocycles. The Balaban J connectivity index is 1.96. The lowest BCUT2D eigenvalue weighted by Crippen LogP contribution is -1.85. The summed E-state index contributed by atoms with van der Waals surface area (Å²) in [6.45, 7) is 4.45. The normalized spacial score (nSPS) is 11.6. The van der Waals surface area contributed by atoms with Crippen LogP contribution in [0, 0.1) is 6.92 Å². The molecular weight excluding hydrogens is 308 g/mol. The summed E-state index contributed by atoms with van der Waals surface area (Å²) in [7, 11) is 0. The summed E-state index contributed by atoms with van der Waals surface area (Å²) in [6, 6.07) is 22.5. The van der Waals surface area contributed by atoms with Crippen LogP contribution >= 0.6 is 11.8 Å². The van der Waals surface area contributed by atoms with Crippen molar-refractivity contribution < 1.29 is 0 Å². The first-order chi connectivity index (χ1) is 11.8. The summed E-state index contributed by atoms with van der Waals surface area (Å²) in [5.74, 6) is 1.20. The summed E-state index contributed by atoms with van der Waals surface area (Å²) in [5, 5.41) is 8.20. The maximum atomic E-state index is 2.31. The number of hydrogen-bond acceptors (Lipinski definition) is 1. The van der Waals surface area contributed by atoms with Gasteiger partial charge < -0.3 is 0 Å². The van der Waals surface area contributed by atoms with Crippen LogP contribution in [0.3, 0.4) is 0 Å². The van der Waals surface area contributed by atoms with Crippen LogP contribution in [-0.4, -0.2) is 5.75 Å². The lowest BCUT2D eigenvalue weighted by Gasteiger charge is -2.11. The molecule has 0 amide bonds. The van der Waals surface area contributed by atoms with Gasteiger partial charge in [-0.25, -0.2) is 0 Å². The lowest BCUT2D eigenvalue weighted by molar-refractivity contribution is 0.896. The van der Waals surface area contributed by atoms with E-state index in [0.717, 1.165) is 0 Å². The number of unbranched alkanes of at least 4 members (excludes halogenated alkanes) is 1. The van der Waals surface area contributed by atoms with Gasteiger partial charge in [-0.2, -0.15) is 0 Å². The van der Waals surface area contributed by atoms with Crippen LogP contribution in [0.2, 0.25) is 0 Å². The fourth-order valence-electron chi connectivity index (χ4n) is 3.52. The molecule has 0 heterocycles. The molecule has 24 heavy (non-hydrogen) atoms. The molecule has 0 saturated heterocycles. The van der Waals surface area contributed by atoms with E-state index in [2.05, 4.69) is 74.5 Å². The molecule has 4 rings (SSSR count). The van der Waals surface area contributed by atoms with Crippen LogP contribution in [0.15, 0.2) is 65.6 Å². The first-order valence-corrected chi connectivity index (χ1v) is 9.74. The summed E-state index contributed by atoms with van der Waals surface area (Å²) in [5.41, 5.74) is 1.35. The zero-order valence-electron chi connectivity index (χ0n) is 14.3. The van der Waals surface area contributed by atoms with Crippen LogP contribution < -0.4 is 0 Å². The second-order valence-corrected chi connectivity index (χ2v) is 7.59. The summed E-state index contributed by atoms with van der Waals surface area (Å²) in [6.07, 6.45) is 2.53. The fraction of sp³-hybridized carbons (Fsp3) is 0.217. The van der Waals surface area contributed by atoms with Gasteiger partial charge in [0.15, 0.2) is 0 Å². The predicted octanol–water partition coefficient (Wildman–Crippen LogP) is 7.35. The summed E-state index contributed by atoms with van der Waals surface area (Å²) in [4.78, 5) is 1.41. The minimum absolute atomic E-state index is 1.20. The van der Waals surface area contributed by atoms with Gasteiger partial charge >= 0.3 is 0 Å². The van der Waals surface area contributed by atoms with E-state index in [1.165, 1.54) is 61.4 Å². The molecular formula is C23H22S. The van der Waals surface area contributed by atoms with Gasteiger partial charge in [-0.1, -0.05) is 67.9 Å². The maximum Gasteiger partial charge on any atom is 0.0151 e. The number of aryl methyl sites for hydroxylation is 1. The van der Waals surface area contributed by atoms with Gasteiger partial charge in [0.05, 0.1) is 0 Å². The van der Waals surface area contributed by atoms with E-state index in [0.29, 0.717) is 0 Å². The van der Waals surface area contributed by atoms with Gasteiger partial charge in [-0.3, -0.25) is 0 Å². The van der Waals surface area contributed by atoms with Crippen molar-refractivity contribution in [2.45, 2.75) is 31.6 Å². The molecule has 0 atom stereocenters. The molecule has 4 aromatic rings. The standard InChI is InChI=1S/C23H22S/c1-3-4-15-24-23-10-6-9-19-21-12-11-17-16(2)7-5-8-18(17)20(21)13-14-22(19)23/h5-14H,3-4,15H2,1-2H3. The molecule has 0 bridgehead atoms. The highest BCUT2D eigenvalue weighted by Gasteiger charge is 2.08. The zero-order valence-corrected chi connectivity index (χ0v) is 15.1. The molecule has 0 aliphatic rings. The van der Waals surface area contributed by atoms with E-state index in [1.54, 1.807) is 0 Å². The van der Waals surface area contributed by atoms with E-state index in [4.69, 9.17) is 0 Å². The van der Waals surface area contributed by atoms with Crippen molar-refractivity contribution in [2.24, 2.45) is 0 Å². The van der Waals surface area contributed by atoms with E-state index in [9.17, 15) is 0 Å². The first kappa shape index (κ1) is 15.5. The number of thioether (sulfide) groups is 1. The Morgan fingerprint density at radius 1 is 0.667 bits per heavy atom. The Labute approximate surface area is 147 Å². The Kier molecular flexibility index (Phi) is 4.20. The van der Waals surface area contributed by atoms with E-state index >= 15 is 0 Å². The van der Waals surface area contributed by atoms with Crippen LogP contribution in [0.25, 0.3) is 32.3 Å². The number of fused-ring (bicyclic) bond motifs is 5. The van der Waals surface area contributed by atoms with Crippen LogP contribution in [0.5, 0.6) is 0 Å². The molecule has 0 unspecified atom stereocenters. The SMILES string of the molecule is CCCCSc1cccc2c1ccc1c3cccc(C)c3ccc21. The second-order valence-electron chi connectivity index (χ2n) is 6.45. The van der Waals surface area contributed by atoms with Gasteiger partial charge in [0, 0.05) is 4.90 Å². The molecule has 0 aliphatic carbocycles. The van der Waals surface area contributed by atoms with Crippen molar-refractivity contribution >= 4 is 44.1 Å². The van der Waals surface area contributed by atoms with E-state index in [-0.39, 0.29) is 0 Å². The molecule has 4 aromatic carbocycles. The largest absolute Gasteiger partial charge is 0.126 e. The van der Waals surface area contributed by atoms with E-state index in [1.807, 2.05) is 11.8 Å². The van der Waals surface area contributed by atoms with Gasteiger partial charge in [0.25, 0.3) is 0 Å². The van der Waals surface area contributed by atoms with Crippen molar-refractivity contribution in [3.63, 3.8) is 0 Å². The van der Waals surface area contributed by atoms with Crippen LogP contribution in [0.1, 0.15) is 25.3 Å². The molecule has 0 aliphatic heterocycles. The average molecular weight is 330 g/mol. The number of benzene rings is 4. The van der Waals surface area contributed by atoms with Crippen molar-refractivity contribution in [2.75, 3.05) is 5.75 Å². The zero-order chi connectivity index (χ0) is 16.5. The fourth-order valence-corrected chi connectivity index (χ4v) is 4.68. The van der Waals surface area contributed by atoms with Crippen molar-refractivity contribution in [1.82, 2.24) is 0 Å². The summed E-state index contributed by atoms with van der Waals surface area (Å²) < 4.78 is 0. The van der Waals surface area contributed by atoms with E-state index < -0.39 is 0 Å². The van der Waals surface area contributed by atoms with Crippen molar-refractivity contribution in [3.05, 3.63) is 66.2 Å². The third kappa shape index (κ3) is 2.57. The quantitative estimate of drug-likeness (QED) is 0.214. The highest BCUT2D eigenvalue weighted by Crippen LogP contribution is 2.36. The molecule has 0 radical (unpaired) electrons. The van der Waals surface area contributed by atoms with Gasteiger partial charge in [-0.05, 0) is 63.0 Å². The molecule has 0 spiro atoms. The molecule has 0 aromatic heterocycles. The Hall–Kier alpha value is -1.99. The molecule has 120 valence electrons. The number of hydrogen-bond donors (Lipinski definition) is 0. The molecule has 0 nitrogen and oxygen atoms in total. The van der Waals surface area contributed by atoms with Crippen molar-refractivity contribution in [1.29, 1.82) is 0 Å². The average Bonchev–Trinajstić information content (AvgIpc) is 2.62. The lowest BCUT2D eigenvalue weighted by atomic mass is 9.95. The third-order valence-corrected chi connectivity index (χ3v) is 6.01. The van der Waals surface area contributed by atoms with Crippen LogP contribution in [0.4, 0.5) is 0 Å². The predicted molar refractivity (Wildman–Crippen MR) is 109 cm³/mol.